The first-order chi connectivity index (χ1) is 11.0. The summed E-state index contributed by atoms with van der Waals surface area (Å²) in [6, 6.07) is 14.8. The number of carbonyl (C=O) groups is 1. The molecule has 0 aromatic heterocycles. The molecule has 2 aromatic carbocycles. The van der Waals surface area contributed by atoms with Crippen molar-refractivity contribution in [1.29, 1.82) is 0 Å². The summed E-state index contributed by atoms with van der Waals surface area (Å²) in [6.45, 7) is -0.138. The Bertz CT molecular complexity index is 819. The molecule has 7 heteroatoms. The fraction of sp³-hybridized carbons (Fsp3) is 0.188. The number of sulfonamides is 1. The Labute approximate surface area is 134 Å². The zero-order valence-electron chi connectivity index (χ0n) is 12.4. The van der Waals surface area contributed by atoms with E-state index in [4.69, 9.17) is 4.74 Å². The lowest BCUT2D eigenvalue weighted by molar-refractivity contribution is -0.148. The number of rotatable bonds is 3. The maximum Gasteiger partial charge on any atom is 0.348 e. The maximum absolute atomic E-state index is 12.9. The van der Waals surface area contributed by atoms with Crippen LogP contribution in [0.1, 0.15) is 0 Å². The van der Waals surface area contributed by atoms with Gasteiger partial charge >= 0.3 is 5.97 Å². The Morgan fingerprint density at radius 3 is 2.48 bits per heavy atom. The predicted octanol–water partition coefficient (Wildman–Crippen LogP) is 1.82. The van der Waals surface area contributed by atoms with Crippen LogP contribution in [0.15, 0.2) is 59.5 Å². The molecular formula is C16H15NO5S. The molecule has 2 aromatic rings. The third-order valence-electron chi connectivity index (χ3n) is 3.53. The van der Waals surface area contributed by atoms with Crippen LogP contribution >= 0.6 is 0 Å². The van der Waals surface area contributed by atoms with E-state index in [0.29, 0.717) is 11.4 Å². The van der Waals surface area contributed by atoms with Crippen LogP contribution in [0.3, 0.4) is 0 Å². The Kier molecular flexibility index (Phi) is 3.96. The van der Waals surface area contributed by atoms with Crippen molar-refractivity contribution in [2.75, 3.05) is 18.0 Å². The largest absolute Gasteiger partial charge is 0.475 e. The average molecular weight is 333 g/mol. The third-order valence-corrected chi connectivity index (χ3v) is 5.32. The van der Waals surface area contributed by atoms with E-state index in [2.05, 4.69) is 4.74 Å². The second-order valence-corrected chi connectivity index (χ2v) is 6.81. The van der Waals surface area contributed by atoms with Gasteiger partial charge in [0.2, 0.25) is 6.10 Å². The van der Waals surface area contributed by atoms with Gasteiger partial charge in [-0.25, -0.2) is 13.2 Å². The quantitative estimate of drug-likeness (QED) is 0.801. The molecule has 1 atom stereocenters. The number of ether oxygens (including phenoxy) is 2. The molecule has 6 nitrogen and oxygen atoms in total. The number of carbonyl (C=O) groups excluding carboxylic acids is 1. The first-order valence-electron chi connectivity index (χ1n) is 6.95. The Morgan fingerprint density at radius 2 is 1.78 bits per heavy atom. The molecule has 0 amide bonds. The zero-order chi connectivity index (χ0) is 16.4. The van der Waals surface area contributed by atoms with Gasteiger partial charge in [-0.15, -0.1) is 0 Å². The molecule has 23 heavy (non-hydrogen) atoms. The van der Waals surface area contributed by atoms with Crippen LogP contribution in [0.4, 0.5) is 5.69 Å². The van der Waals surface area contributed by atoms with E-state index in [9.17, 15) is 13.2 Å². The van der Waals surface area contributed by atoms with Gasteiger partial charge in [-0.3, -0.25) is 4.31 Å². The smallest absolute Gasteiger partial charge is 0.348 e. The number of para-hydroxylation sites is 2. The van der Waals surface area contributed by atoms with Crippen LogP contribution in [-0.2, 0) is 19.6 Å². The zero-order valence-corrected chi connectivity index (χ0v) is 13.2. The van der Waals surface area contributed by atoms with Crippen LogP contribution in [0, 0.1) is 0 Å². The number of benzene rings is 2. The Morgan fingerprint density at radius 1 is 1.13 bits per heavy atom. The number of anilines is 1. The number of hydrogen-bond donors (Lipinski definition) is 0. The van der Waals surface area contributed by atoms with Gasteiger partial charge in [0, 0.05) is 0 Å². The lowest BCUT2D eigenvalue weighted by Crippen LogP contribution is -2.47. The highest BCUT2D eigenvalue weighted by molar-refractivity contribution is 7.92. The van der Waals surface area contributed by atoms with Crippen molar-refractivity contribution in [1.82, 2.24) is 0 Å². The summed E-state index contributed by atoms with van der Waals surface area (Å²) in [5, 5.41) is 0. The van der Waals surface area contributed by atoms with E-state index in [0.717, 1.165) is 0 Å². The fourth-order valence-corrected chi connectivity index (χ4v) is 3.90. The first-order valence-corrected chi connectivity index (χ1v) is 8.39. The summed E-state index contributed by atoms with van der Waals surface area (Å²) in [5.74, 6) is -0.290. The number of hydrogen-bond acceptors (Lipinski definition) is 5. The third kappa shape index (κ3) is 2.75. The van der Waals surface area contributed by atoms with E-state index in [-0.39, 0.29) is 11.4 Å². The second-order valence-electron chi connectivity index (χ2n) is 4.95. The molecular weight excluding hydrogens is 318 g/mol. The highest BCUT2D eigenvalue weighted by atomic mass is 32.2. The van der Waals surface area contributed by atoms with Crippen LogP contribution in [-0.4, -0.2) is 34.1 Å². The number of nitrogens with zero attached hydrogens (tertiary/aromatic N) is 1. The van der Waals surface area contributed by atoms with Crippen molar-refractivity contribution in [2.24, 2.45) is 0 Å². The Balaban J connectivity index is 2.08. The molecule has 0 N–H and O–H groups in total. The summed E-state index contributed by atoms with van der Waals surface area (Å²) in [6.07, 6.45) is -1.01. The second kappa shape index (κ2) is 5.92. The van der Waals surface area contributed by atoms with Crippen LogP contribution < -0.4 is 9.04 Å². The lowest BCUT2D eigenvalue weighted by atomic mass is 10.2. The number of fused-ring (bicyclic) bond motifs is 1. The van der Waals surface area contributed by atoms with Crippen molar-refractivity contribution in [3.05, 3.63) is 54.6 Å². The van der Waals surface area contributed by atoms with Gasteiger partial charge in [0.15, 0.2) is 0 Å². The van der Waals surface area contributed by atoms with Crippen molar-refractivity contribution in [3.63, 3.8) is 0 Å². The summed E-state index contributed by atoms with van der Waals surface area (Å²) < 4.78 is 37.3. The van der Waals surface area contributed by atoms with Crippen molar-refractivity contribution in [2.45, 2.75) is 11.0 Å². The molecule has 0 fully saturated rings. The summed E-state index contributed by atoms with van der Waals surface area (Å²) in [4.78, 5) is 12.0. The van der Waals surface area contributed by atoms with Crippen molar-refractivity contribution >= 4 is 21.7 Å². The van der Waals surface area contributed by atoms with Gasteiger partial charge in [0.1, 0.15) is 5.75 Å². The van der Waals surface area contributed by atoms with E-state index < -0.39 is 22.1 Å². The minimum atomic E-state index is -3.80. The maximum atomic E-state index is 12.9. The number of methoxy groups -OCH3 is 1. The van der Waals surface area contributed by atoms with Crippen LogP contribution in [0.2, 0.25) is 0 Å². The lowest BCUT2D eigenvalue weighted by Gasteiger charge is -2.34. The molecule has 0 bridgehead atoms. The highest BCUT2D eigenvalue weighted by Gasteiger charge is 2.37. The molecule has 1 aliphatic heterocycles. The van der Waals surface area contributed by atoms with E-state index in [1.165, 1.54) is 23.5 Å². The topological polar surface area (TPSA) is 72.9 Å². The normalized spacial score (nSPS) is 17.1. The molecule has 120 valence electrons. The molecule has 0 saturated carbocycles. The van der Waals surface area contributed by atoms with Crippen molar-refractivity contribution in [3.8, 4) is 5.75 Å². The van der Waals surface area contributed by atoms with Gasteiger partial charge in [0.05, 0.1) is 24.2 Å². The van der Waals surface area contributed by atoms with E-state index in [1.807, 2.05) is 0 Å². The molecule has 0 spiro atoms. The van der Waals surface area contributed by atoms with Crippen LogP contribution in [0.5, 0.6) is 5.75 Å². The number of esters is 1. The molecule has 0 unspecified atom stereocenters. The predicted molar refractivity (Wildman–Crippen MR) is 83.8 cm³/mol. The molecule has 0 radical (unpaired) electrons. The first kappa shape index (κ1) is 15.4. The van der Waals surface area contributed by atoms with Gasteiger partial charge in [-0.1, -0.05) is 30.3 Å². The molecule has 0 saturated heterocycles. The minimum absolute atomic E-state index is 0.138. The highest BCUT2D eigenvalue weighted by Crippen LogP contribution is 2.36. The average Bonchev–Trinajstić information content (AvgIpc) is 2.60. The molecule has 0 aliphatic carbocycles. The van der Waals surface area contributed by atoms with Gasteiger partial charge in [-0.2, -0.15) is 0 Å². The van der Waals surface area contributed by atoms with E-state index in [1.54, 1.807) is 42.5 Å². The molecule has 1 aliphatic rings. The summed E-state index contributed by atoms with van der Waals surface area (Å²) >= 11 is 0. The molecule has 1 heterocycles. The van der Waals surface area contributed by atoms with E-state index >= 15 is 0 Å². The van der Waals surface area contributed by atoms with Crippen molar-refractivity contribution < 1.29 is 22.7 Å². The fourth-order valence-electron chi connectivity index (χ4n) is 2.40. The minimum Gasteiger partial charge on any atom is -0.475 e. The SMILES string of the molecule is COC(=O)[C@H]1CN(S(=O)(=O)c2ccccc2)c2ccccc2O1. The van der Waals surface area contributed by atoms with Crippen LogP contribution in [0.25, 0.3) is 0 Å². The summed E-state index contributed by atoms with van der Waals surface area (Å²) in [5.41, 5.74) is 0.400. The summed E-state index contributed by atoms with van der Waals surface area (Å²) in [7, 11) is -2.57. The van der Waals surface area contributed by atoms with Gasteiger partial charge < -0.3 is 9.47 Å². The van der Waals surface area contributed by atoms with Gasteiger partial charge in [-0.05, 0) is 24.3 Å². The molecule has 3 rings (SSSR count). The Hall–Kier alpha value is -2.54. The van der Waals surface area contributed by atoms with Gasteiger partial charge in [0.25, 0.3) is 10.0 Å². The standard InChI is InChI=1S/C16H15NO5S/c1-21-16(18)15-11-17(13-9-5-6-10-14(13)22-15)23(19,20)12-7-3-2-4-8-12/h2-10,15H,11H2,1H3/t15-/m1/s1. The monoisotopic (exact) mass is 333 g/mol.